The van der Waals surface area contributed by atoms with Crippen molar-refractivity contribution in [1.82, 2.24) is 5.32 Å². The zero-order valence-corrected chi connectivity index (χ0v) is 21.1. The van der Waals surface area contributed by atoms with Crippen molar-refractivity contribution in [1.29, 1.82) is 0 Å². The molecule has 2 aromatic rings. The van der Waals surface area contributed by atoms with E-state index in [-0.39, 0.29) is 0 Å². The van der Waals surface area contributed by atoms with Gasteiger partial charge in [0.05, 0.1) is 9.79 Å². The normalized spacial score (nSPS) is 14.4. The number of hydrogen-bond donors (Lipinski definition) is 1. The number of alkyl carbamates (subject to hydrolysis) is 1. The smallest absolute Gasteiger partial charge is 0.408 e. The minimum atomic E-state index is -5.20. The summed E-state index contributed by atoms with van der Waals surface area (Å²) < 4.78 is 73.2. The van der Waals surface area contributed by atoms with E-state index in [2.05, 4.69) is 5.32 Å². The summed E-state index contributed by atoms with van der Waals surface area (Å²) in [7, 11) is -10.4. The Balaban J connectivity index is 2.86. The Morgan fingerprint density at radius 1 is 0.788 bits per heavy atom. The molecular formula is C23H30FNO6S2. The average Bonchev–Trinajstić information content (AvgIpc) is 2.70. The van der Waals surface area contributed by atoms with Crippen molar-refractivity contribution in [2.24, 2.45) is 5.41 Å². The van der Waals surface area contributed by atoms with Crippen LogP contribution in [0.1, 0.15) is 41.5 Å². The average molecular weight is 500 g/mol. The molecule has 0 saturated carbocycles. The van der Waals surface area contributed by atoms with Gasteiger partial charge in [0.25, 0.3) is 0 Å². The Kier molecular flexibility index (Phi) is 7.35. The number of halogens is 1. The summed E-state index contributed by atoms with van der Waals surface area (Å²) in [6, 6.07) is 10.9. The molecular weight excluding hydrogens is 469 g/mol. The third-order valence-corrected chi connectivity index (χ3v) is 9.75. The molecule has 1 N–H and O–H groups in total. The maximum atomic E-state index is 17.2. The standard InChI is InChI=1S/C23H30FNO6S2/c1-21(2,3)19(25-20(26)31-22(4,5)6)23(24,32(27,28)17-13-9-7-10-14-17)33(29,30)18-15-11-8-12-16-18/h7-16,19H,1-6H3,(H,25,26). The third-order valence-electron chi connectivity index (χ3n) is 4.71. The van der Waals surface area contributed by atoms with E-state index in [0.29, 0.717) is 0 Å². The molecule has 0 fully saturated rings. The van der Waals surface area contributed by atoms with Gasteiger partial charge in [-0.15, -0.1) is 0 Å². The summed E-state index contributed by atoms with van der Waals surface area (Å²) in [4.78, 5) is 11.5. The van der Waals surface area contributed by atoms with E-state index in [1.54, 1.807) is 20.8 Å². The lowest BCUT2D eigenvalue weighted by molar-refractivity contribution is 0.0415. The van der Waals surface area contributed by atoms with Crippen molar-refractivity contribution in [2.75, 3.05) is 0 Å². The molecule has 2 aromatic carbocycles. The summed E-state index contributed by atoms with van der Waals surface area (Å²) in [5.74, 6) is 0. The van der Waals surface area contributed by atoms with Gasteiger partial charge in [-0.25, -0.2) is 26.0 Å². The van der Waals surface area contributed by atoms with E-state index < -0.39 is 56.9 Å². The minimum absolute atomic E-state index is 0.535. The van der Waals surface area contributed by atoms with Gasteiger partial charge in [-0.3, -0.25) is 0 Å². The lowest BCUT2D eigenvalue weighted by atomic mass is 9.87. The van der Waals surface area contributed by atoms with Crippen LogP contribution in [0, 0.1) is 5.41 Å². The molecule has 0 spiro atoms. The number of amides is 1. The molecule has 0 radical (unpaired) electrons. The van der Waals surface area contributed by atoms with Crippen LogP contribution in [0.3, 0.4) is 0 Å². The minimum Gasteiger partial charge on any atom is -0.444 e. The van der Waals surface area contributed by atoms with Gasteiger partial charge < -0.3 is 10.1 Å². The number of benzene rings is 2. The second-order valence-electron chi connectivity index (χ2n) is 9.66. The van der Waals surface area contributed by atoms with Crippen LogP contribution >= 0.6 is 0 Å². The Hall–Kier alpha value is -2.46. The maximum absolute atomic E-state index is 17.2. The summed E-state index contributed by atoms with van der Waals surface area (Å²) in [6.45, 7) is 9.02. The Labute approximate surface area is 195 Å². The Morgan fingerprint density at radius 3 is 1.45 bits per heavy atom. The summed E-state index contributed by atoms with van der Waals surface area (Å²) in [5, 5.41) is 2.21. The number of alkyl halides is 1. The predicted octanol–water partition coefficient (Wildman–Crippen LogP) is 4.50. The summed E-state index contributed by atoms with van der Waals surface area (Å²) in [6.07, 6.45) is -1.14. The Morgan fingerprint density at radius 2 is 1.15 bits per heavy atom. The van der Waals surface area contributed by atoms with Crippen molar-refractivity contribution < 1.29 is 30.8 Å². The highest BCUT2D eigenvalue weighted by atomic mass is 32.3. The monoisotopic (exact) mass is 499 g/mol. The highest BCUT2D eigenvalue weighted by Gasteiger charge is 2.66. The van der Waals surface area contributed by atoms with E-state index >= 15 is 4.39 Å². The molecule has 0 bridgehead atoms. The zero-order valence-electron chi connectivity index (χ0n) is 19.5. The molecule has 1 unspecified atom stereocenters. The van der Waals surface area contributed by atoms with Gasteiger partial charge in [0.15, 0.2) is 0 Å². The van der Waals surface area contributed by atoms with E-state index in [1.165, 1.54) is 57.2 Å². The van der Waals surface area contributed by atoms with Gasteiger partial charge in [0.1, 0.15) is 11.6 Å². The van der Waals surface area contributed by atoms with Crippen LogP contribution < -0.4 is 5.32 Å². The molecule has 10 heteroatoms. The first-order valence-corrected chi connectivity index (χ1v) is 13.2. The van der Waals surface area contributed by atoms with E-state index in [9.17, 15) is 21.6 Å². The molecule has 0 saturated heterocycles. The van der Waals surface area contributed by atoms with E-state index in [1.807, 2.05) is 0 Å². The molecule has 0 aliphatic rings. The Bertz CT molecular complexity index is 1110. The summed E-state index contributed by atoms with van der Waals surface area (Å²) in [5.41, 5.74) is -2.35. The van der Waals surface area contributed by atoms with Crippen LogP contribution in [-0.4, -0.2) is 38.9 Å². The maximum Gasteiger partial charge on any atom is 0.408 e. The van der Waals surface area contributed by atoms with Crippen LogP contribution in [0.15, 0.2) is 70.5 Å². The fourth-order valence-electron chi connectivity index (χ4n) is 3.22. The SMILES string of the molecule is CC(C)(C)OC(=O)NC(C(C)(C)C)C(F)(S(=O)(=O)c1ccccc1)S(=O)(=O)c1ccccc1. The van der Waals surface area contributed by atoms with Crippen LogP contribution in [0.4, 0.5) is 9.18 Å². The van der Waals surface area contributed by atoms with Gasteiger partial charge >= 0.3 is 10.4 Å². The van der Waals surface area contributed by atoms with Crippen molar-refractivity contribution in [3.63, 3.8) is 0 Å². The van der Waals surface area contributed by atoms with Crippen LogP contribution in [0.25, 0.3) is 0 Å². The molecule has 1 amide bonds. The number of ether oxygens (including phenoxy) is 1. The first kappa shape index (κ1) is 26.8. The highest BCUT2D eigenvalue weighted by Crippen LogP contribution is 2.45. The molecule has 1 atom stereocenters. The van der Waals surface area contributed by atoms with Gasteiger partial charge in [-0.05, 0) is 50.5 Å². The molecule has 7 nitrogen and oxygen atoms in total. The molecule has 33 heavy (non-hydrogen) atoms. The number of hydrogen-bond acceptors (Lipinski definition) is 6. The number of carbonyl (C=O) groups excluding carboxylic acids is 1. The van der Waals surface area contributed by atoms with Crippen molar-refractivity contribution in [3.05, 3.63) is 60.7 Å². The lowest BCUT2D eigenvalue weighted by Gasteiger charge is -2.40. The fraction of sp³-hybridized carbons (Fsp3) is 0.435. The number of rotatable bonds is 6. The zero-order chi connectivity index (χ0) is 25.3. The van der Waals surface area contributed by atoms with E-state index in [0.717, 1.165) is 24.3 Å². The second kappa shape index (κ2) is 9.06. The first-order chi connectivity index (χ1) is 14.9. The number of sulfone groups is 2. The van der Waals surface area contributed by atoms with Crippen LogP contribution in [-0.2, 0) is 24.4 Å². The number of nitrogens with one attached hydrogen (secondary N) is 1. The highest BCUT2D eigenvalue weighted by molar-refractivity contribution is 8.10. The summed E-state index contributed by atoms with van der Waals surface area (Å²) >= 11 is 0. The van der Waals surface area contributed by atoms with Crippen LogP contribution in [0.5, 0.6) is 0 Å². The molecule has 0 aromatic heterocycles. The van der Waals surface area contributed by atoms with Crippen molar-refractivity contribution >= 4 is 25.8 Å². The topological polar surface area (TPSA) is 107 Å². The van der Waals surface area contributed by atoms with E-state index in [4.69, 9.17) is 4.74 Å². The lowest BCUT2D eigenvalue weighted by Crippen LogP contribution is -2.63. The van der Waals surface area contributed by atoms with Gasteiger partial charge in [0.2, 0.25) is 19.7 Å². The fourth-order valence-corrected chi connectivity index (χ4v) is 8.07. The molecule has 0 heterocycles. The van der Waals surface area contributed by atoms with Gasteiger partial charge in [-0.1, -0.05) is 57.2 Å². The van der Waals surface area contributed by atoms with Crippen molar-refractivity contribution in [2.45, 2.75) is 67.3 Å². The third kappa shape index (κ3) is 5.38. The first-order valence-electron chi connectivity index (χ1n) is 10.2. The largest absolute Gasteiger partial charge is 0.444 e. The van der Waals surface area contributed by atoms with Crippen LogP contribution in [0.2, 0.25) is 0 Å². The molecule has 0 aliphatic heterocycles. The van der Waals surface area contributed by atoms with Gasteiger partial charge in [-0.2, -0.15) is 0 Å². The van der Waals surface area contributed by atoms with Gasteiger partial charge in [0, 0.05) is 0 Å². The predicted molar refractivity (Wildman–Crippen MR) is 124 cm³/mol. The molecule has 0 aliphatic carbocycles. The second-order valence-corrected chi connectivity index (χ2v) is 14.1. The number of carbonyl (C=O) groups is 1. The molecule has 2 rings (SSSR count). The quantitative estimate of drug-likeness (QED) is 0.627. The van der Waals surface area contributed by atoms with Crippen molar-refractivity contribution in [3.8, 4) is 0 Å². The molecule has 182 valence electrons.